The molecule has 4 rings (SSSR count). The highest BCUT2D eigenvalue weighted by atomic mass is 16.3. The topological polar surface area (TPSA) is 69.6 Å². The molecule has 0 aliphatic carbocycles. The fraction of sp³-hybridized carbons (Fsp3) is 0.450. The van der Waals surface area contributed by atoms with E-state index in [-0.39, 0.29) is 11.9 Å². The zero-order valence-electron chi connectivity index (χ0n) is 14.8. The van der Waals surface area contributed by atoms with Crippen molar-refractivity contribution in [2.75, 3.05) is 26.2 Å². The molecule has 2 saturated heterocycles. The van der Waals surface area contributed by atoms with Crippen molar-refractivity contribution < 1.29 is 9.90 Å². The largest absolute Gasteiger partial charge is 0.390 e. The molecular formula is C20H24N4O2. The summed E-state index contributed by atoms with van der Waals surface area (Å²) < 4.78 is 0. The summed E-state index contributed by atoms with van der Waals surface area (Å²) in [6, 6.07) is 9.22. The molecule has 0 spiro atoms. The highest BCUT2D eigenvalue weighted by molar-refractivity contribution is 5.94. The molecule has 2 aliphatic heterocycles. The van der Waals surface area contributed by atoms with Crippen LogP contribution in [0.2, 0.25) is 0 Å². The standard InChI is InChI=1S/C20H24N4O2/c25-18-14-24(13-17(18)23-11-2-1-3-12-23)20(26)16-7-5-15(6-8-16)19-21-9-4-10-22-19/h4-10,17-18,25H,1-3,11-14H2. The monoisotopic (exact) mass is 352 g/mol. The highest BCUT2D eigenvalue weighted by Gasteiger charge is 2.38. The first kappa shape index (κ1) is 17.1. The minimum Gasteiger partial charge on any atom is -0.390 e. The van der Waals surface area contributed by atoms with E-state index >= 15 is 0 Å². The second-order valence-electron chi connectivity index (χ2n) is 7.09. The SMILES string of the molecule is O=C(c1ccc(-c2ncccn2)cc1)N1CC(O)C(N2CCCCC2)C1. The number of aliphatic hydroxyl groups is 1. The Labute approximate surface area is 153 Å². The maximum Gasteiger partial charge on any atom is 0.253 e. The summed E-state index contributed by atoms with van der Waals surface area (Å²) in [6.45, 7) is 3.05. The number of aliphatic hydroxyl groups excluding tert-OH is 1. The molecule has 2 fully saturated rings. The van der Waals surface area contributed by atoms with Crippen molar-refractivity contribution in [2.24, 2.45) is 0 Å². The van der Waals surface area contributed by atoms with Crippen LogP contribution in [0.4, 0.5) is 0 Å². The lowest BCUT2D eigenvalue weighted by Gasteiger charge is -2.33. The fourth-order valence-electron chi connectivity index (χ4n) is 3.94. The minimum absolute atomic E-state index is 0.0240. The molecule has 6 nitrogen and oxygen atoms in total. The molecule has 2 aromatic rings. The molecule has 136 valence electrons. The lowest BCUT2D eigenvalue weighted by Crippen LogP contribution is -2.46. The van der Waals surface area contributed by atoms with Crippen LogP contribution < -0.4 is 0 Å². The van der Waals surface area contributed by atoms with Crippen molar-refractivity contribution in [3.05, 3.63) is 48.3 Å². The van der Waals surface area contributed by atoms with Crippen molar-refractivity contribution in [2.45, 2.75) is 31.4 Å². The Morgan fingerprint density at radius 2 is 1.69 bits per heavy atom. The van der Waals surface area contributed by atoms with Gasteiger partial charge in [0.2, 0.25) is 0 Å². The average molecular weight is 352 g/mol. The van der Waals surface area contributed by atoms with Crippen LogP contribution >= 0.6 is 0 Å². The first-order valence-corrected chi connectivity index (χ1v) is 9.31. The second-order valence-corrected chi connectivity index (χ2v) is 7.09. The van der Waals surface area contributed by atoms with Crippen LogP contribution in [0.1, 0.15) is 29.6 Å². The second kappa shape index (κ2) is 7.51. The van der Waals surface area contributed by atoms with Gasteiger partial charge in [-0.2, -0.15) is 0 Å². The number of carbonyl (C=O) groups excluding carboxylic acids is 1. The fourth-order valence-corrected chi connectivity index (χ4v) is 3.94. The Morgan fingerprint density at radius 3 is 2.38 bits per heavy atom. The third-order valence-electron chi connectivity index (χ3n) is 5.36. The number of rotatable bonds is 3. The quantitative estimate of drug-likeness (QED) is 0.912. The smallest absolute Gasteiger partial charge is 0.253 e. The minimum atomic E-state index is -0.464. The van der Waals surface area contributed by atoms with Gasteiger partial charge in [-0.1, -0.05) is 18.6 Å². The number of β-amino-alcohol motifs (C(OH)–C–C–N with tert-alkyl or cyclic N) is 1. The number of amides is 1. The molecule has 0 saturated carbocycles. The lowest BCUT2D eigenvalue weighted by atomic mass is 10.1. The maximum absolute atomic E-state index is 12.8. The molecule has 2 aliphatic rings. The van der Waals surface area contributed by atoms with Crippen molar-refractivity contribution >= 4 is 5.91 Å². The highest BCUT2D eigenvalue weighted by Crippen LogP contribution is 2.23. The van der Waals surface area contributed by atoms with Crippen molar-refractivity contribution in [1.82, 2.24) is 19.8 Å². The van der Waals surface area contributed by atoms with E-state index in [0.29, 0.717) is 24.5 Å². The Morgan fingerprint density at radius 1 is 1.00 bits per heavy atom. The molecule has 1 N–H and O–H groups in total. The maximum atomic E-state index is 12.8. The number of hydrogen-bond donors (Lipinski definition) is 1. The number of carbonyl (C=O) groups is 1. The van der Waals surface area contributed by atoms with Gasteiger partial charge in [-0.25, -0.2) is 9.97 Å². The van der Waals surface area contributed by atoms with Crippen LogP contribution in [0.5, 0.6) is 0 Å². The van der Waals surface area contributed by atoms with Crippen LogP contribution in [-0.4, -0.2) is 69.1 Å². The third kappa shape index (κ3) is 3.48. The van der Waals surface area contributed by atoms with Gasteiger partial charge in [0.05, 0.1) is 12.1 Å². The Hall–Kier alpha value is -2.31. The van der Waals surface area contributed by atoms with E-state index in [1.54, 1.807) is 23.4 Å². The number of piperidine rings is 1. The van der Waals surface area contributed by atoms with E-state index in [2.05, 4.69) is 14.9 Å². The van der Waals surface area contributed by atoms with Crippen molar-refractivity contribution in [3.8, 4) is 11.4 Å². The summed E-state index contributed by atoms with van der Waals surface area (Å²) >= 11 is 0. The zero-order chi connectivity index (χ0) is 17.9. The van der Waals surface area contributed by atoms with E-state index in [0.717, 1.165) is 18.7 Å². The Kier molecular flexibility index (Phi) is 4.95. The van der Waals surface area contributed by atoms with Gasteiger partial charge in [-0.05, 0) is 44.1 Å². The number of nitrogens with zero attached hydrogens (tertiary/aromatic N) is 4. The van der Waals surface area contributed by atoms with E-state index in [1.807, 2.05) is 24.3 Å². The normalized spacial score (nSPS) is 24.0. The van der Waals surface area contributed by atoms with Gasteiger partial charge >= 0.3 is 0 Å². The molecular weight excluding hydrogens is 328 g/mol. The van der Waals surface area contributed by atoms with Crippen molar-refractivity contribution in [1.29, 1.82) is 0 Å². The Bertz CT molecular complexity index is 744. The predicted molar refractivity (Wildman–Crippen MR) is 98.6 cm³/mol. The van der Waals surface area contributed by atoms with Gasteiger partial charge in [0.25, 0.3) is 5.91 Å². The number of hydrogen-bond acceptors (Lipinski definition) is 5. The van der Waals surface area contributed by atoms with Crippen molar-refractivity contribution in [3.63, 3.8) is 0 Å². The molecule has 2 atom stereocenters. The van der Waals surface area contributed by atoms with E-state index in [9.17, 15) is 9.90 Å². The van der Waals surface area contributed by atoms with E-state index < -0.39 is 6.10 Å². The van der Waals surface area contributed by atoms with Gasteiger partial charge in [0.1, 0.15) is 0 Å². The lowest BCUT2D eigenvalue weighted by molar-refractivity contribution is 0.0702. The molecule has 0 radical (unpaired) electrons. The molecule has 6 heteroatoms. The summed E-state index contributed by atoms with van der Waals surface area (Å²) in [5, 5.41) is 10.4. The summed E-state index contributed by atoms with van der Waals surface area (Å²) in [4.78, 5) is 25.4. The summed E-state index contributed by atoms with van der Waals surface area (Å²) in [7, 11) is 0. The van der Waals surface area contributed by atoms with Gasteiger partial charge in [0, 0.05) is 36.6 Å². The first-order chi connectivity index (χ1) is 12.7. The molecule has 2 unspecified atom stereocenters. The summed E-state index contributed by atoms with van der Waals surface area (Å²) in [5.41, 5.74) is 1.52. The molecule has 0 bridgehead atoms. The molecule has 26 heavy (non-hydrogen) atoms. The molecule has 3 heterocycles. The Balaban J connectivity index is 1.44. The van der Waals surface area contributed by atoms with Crippen LogP contribution in [0.3, 0.4) is 0 Å². The third-order valence-corrected chi connectivity index (χ3v) is 5.36. The van der Waals surface area contributed by atoms with Gasteiger partial charge in [-0.15, -0.1) is 0 Å². The first-order valence-electron chi connectivity index (χ1n) is 9.31. The molecule has 1 aromatic carbocycles. The average Bonchev–Trinajstić information content (AvgIpc) is 3.10. The van der Waals surface area contributed by atoms with E-state index in [4.69, 9.17) is 0 Å². The van der Waals surface area contributed by atoms with Gasteiger partial charge < -0.3 is 10.0 Å². The number of aromatic nitrogens is 2. The number of likely N-dealkylation sites (tertiary alicyclic amines) is 2. The van der Waals surface area contributed by atoms with Crippen LogP contribution in [0.25, 0.3) is 11.4 Å². The molecule has 1 amide bonds. The van der Waals surface area contributed by atoms with Crippen LogP contribution in [-0.2, 0) is 0 Å². The molecule has 1 aromatic heterocycles. The van der Waals surface area contributed by atoms with Gasteiger partial charge in [-0.3, -0.25) is 9.69 Å². The number of benzene rings is 1. The van der Waals surface area contributed by atoms with Crippen LogP contribution in [0.15, 0.2) is 42.7 Å². The van der Waals surface area contributed by atoms with E-state index in [1.165, 1.54) is 19.3 Å². The summed E-state index contributed by atoms with van der Waals surface area (Å²) in [5.74, 6) is 0.623. The predicted octanol–water partition coefficient (Wildman–Crippen LogP) is 1.81. The van der Waals surface area contributed by atoms with Crippen LogP contribution in [0, 0.1) is 0 Å². The zero-order valence-corrected chi connectivity index (χ0v) is 14.8. The van der Waals surface area contributed by atoms with Gasteiger partial charge in [0.15, 0.2) is 5.82 Å². The summed E-state index contributed by atoms with van der Waals surface area (Å²) in [6.07, 6.45) is 6.57.